The van der Waals surface area contributed by atoms with Gasteiger partial charge in [-0.1, -0.05) is 26.7 Å². The molecule has 11 heavy (non-hydrogen) atoms. The Balaban J connectivity index is 3.38. The molecular weight excluding hydrogens is 136 g/mol. The molecule has 0 saturated heterocycles. The summed E-state index contributed by atoms with van der Waals surface area (Å²) in [5.74, 6) is 0.655. The van der Waals surface area contributed by atoms with Crippen molar-refractivity contribution in [2.75, 3.05) is 13.6 Å². The minimum atomic E-state index is 0.326. The van der Waals surface area contributed by atoms with Gasteiger partial charge in [0.25, 0.3) is 0 Å². The number of likely N-dealkylation sites (N-methyl/N-ethyl adjacent to an activating group) is 1. The smallest absolute Gasteiger partial charge is 0.0191 e. The van der Waals surface area contributed by atoms with Crippen LogP contribution in [0.25, 0.3) is 0 Å². The average Bonchev–Trinajstić information content (AvgIpc) is 2.00. The van der Waals surface area contributed by atoms with Crippen LogP contribution in [0.4, 0.5) is 0 Å². The summed E-state index contributed by atoms with van der Waals surface area (Å²) in [4.78, 5) is 0. The normalized spacial score (nSPS) is 16.4. The molecule has 2 atom stereocenters. The third kappa shape index (κ3) is 5.22. The SMILES string of the molecule is CCCCC(C)C(N)CNC. The Morgan fingerprint density at radius 3 is 2.55 bits per heavy atom. The van der Waals surface area contributed by atoms with Gasteiger partial charge in [-0.25, -0.2) is 0 Å². The molecule has 0 aliphatic heterocycles. The van der Waals surface area contributed by atoms with Crippen molar-refractivity contribution in [3.63, 3.8) is 0 Å². The van der Waals surface area contributed by atoms with Crippen LogP contribution in [0.2, 0.25) is 0 Å². The second kappa shape index (κ2) is 6.62. The summed E-state index contributed by atoms with van der Waals surface area (Å²) in [6.07, 6.45) is 3.84. The average molecular weight is 158 g/mol. The second-order valence-corrected chi connectivity index (χ2v) is 3.34. The zero-order valence-corrected chi connectivity index (χ0v) is 8.06. The number of rotatable bonds is 6. The number of nitrogens with one attached hydrogen (secondary N) is 1. The lowest BCUT2D eigenvalue weighted by molar-refractivity contribution is 0.403. The Morgan fingerprint density at radius 2 is 2.09 bits per heavy atom. The van der Waals surface area contributed by atoms with Crippen molar-refractivity contribution in [2.45, 2.75) is 39.2 Å². The zero-order valence-electron chi connectivity index (χ0n) is 8.06. The van der Waals surface area contributed by atoms with Gasteiger partial charge < -0.3 is 11.1 Å². The summed E-state index contributed by atoms with van der Waals surface area (Å²) in [6, 6.07) is 0.326. The van der Waals surface area contributed by atoms with Crippen molar-refractivity contribution < 1.29 is 0 Å². The van der Waals surface area contributed by atoms with Gasteiger partial charge in [-0.2, -0.15) is 0 Å². The van der Waals surface area contributed by atoms with Crippen molar-refractivity contribution in [1.82, 2.24) is 5.32 Å². The molecule has 0 aromatic heterocycles. The van der Waals surface area contributed by atoms with Gasteiger partial charge in [-0.05, 0) is 19.4 Å². The number of unbranched alkanes of at least 4 members (excludes halogenated alkanes) is 1. The van der Waals surface area contributed by atoms with E-state index in [-0.39, 0.29) is 0 Å². The fourth-order valence-corrected chi connectivity index (χ4v) is 1.18. The van der Waals surface area contributed by atoms with Gasteiger partial charge in [0, 0.05) is 12.6 Å². The molecule has 0 rings (SSSR count). The molecule has 0 aliphatic carbocycles. The first-order valence-electron chi connectivity index (χ1n) is 4.62. The van der Waals surface area contributed by atoms with Crippen LogP contribution >= 0.6 is 0 Å². The van der Waals surface area contributed by atoms with Gasteiger partial charge in [0.05, 0.1) is 0 Å². The Bertz CT molecular complexity index is 83.6. The molecule has 2 unspecified atom stereocenters. The van der Waals surface area contributed by atoms with Gasteiger partial charge in [-0.15, -0.1) is 0 Å². The van der Waals surface area contributed by atoms with Crippen LogP contribution in [-0.2, 0) is 0 Å². The fraction of sp³-hybridized carbons (Fsp3) is 1.00. The van der Waals surface area contributed by atoms with Crippen LogP contribution in [0.15, 0.2) is 0 Å². The molecule has 68 valence electrons. The Hall–Kier alpha value is -0.0800. The third-order valence-corrected chi connectivity index (χ3v) is 2.18. The molecule has 0 spiro atoms. The first kappa shape index (κ1) is 10.9. The topological polar surface area (TPSA) is 38.0 Å². The summed E-state index contributed by atoms with van der Waals surface area (Å²) in [5.41, 5.74) is 5.91. The standard InChI is InChI=1S/C9H22N2/c1-4-5-6-8(2)9(10)7-11-3/h8-9,11H,4-7,10H2,1-3H3. The number of nitrogens with two attached hydrogens (primary N) is 1. The van der Waals surface area contributed by atoms with E-state index in [1.807, 2.05) is 7.05 Å². The molecule has 0 amide bonds. The number of hydrogen-bond donors (Lipinski definition) is 2. The summed E-state index contributed by atoms with van der Waals surface area (Å²) >= 11 is 0. The Morgan fingerprint density at radius 1 is 1.45 bits per heavy atom. The van der Waals surface area contributed by atoms with Crippen LogP contribution in [0.3, 0.4) is 0 Å². The van der Waals surface area contributed by atoms with E-state index in [1.54, 1.807) is 0 Å². The molecule has 0 fully saturated rings. The van der Waals surface area contributed by atoms with E-state index >= 15 is 0 Å². The zero-order chi connectivity index (χ0) is 8.69. The van der Waals surface area contributed by atoms with E-state index in [1.165, 1.54) is 19.3 Å². The van der Waals surface area contributed by atoms with Gasteiger partial charge in [0.15, 0.2) is 0 Å². The molecule has 0 aliphatic rings. The molecule has 0 aromatic carbocycles. The van der Waals surface area contributed by atoms with Gasteiger partial charge >= 0.3 is 0 Å². The highest BCUT2D eigenvalue weighted by molar-refractivity contribution is 4.70. The minimum absolute atomic E-state index is 0.326. The van der Waals surface area contributed by atoms with Crippen LogP contribution in [0.5, 0.6) is 0 Å². The molecule has 2 heteroatoms. The molecule has 0 saturated carbocycles. The van der Waals surface area contributed by atoms with E-state index in [4.69, 9.17) is 5.73 Å². The van der Waals surface area contributed by atoms with Crippen LogP contribution < -0.4 is 11.1 Å². The van der Waals surface area contributed by atoms with Crippen LogP contribution in [0.1, 0.15) is 33.1 Å². The first-order chi connectivity index (χ1) is 5.22. The van der Waals surface area contributed by atoms with Gasteiger partial charge in [0.2, 0.25) is 0 Å². The molecular formula is C9H22N2. The number of hydrogen-bond acceptors (Lipinski definition) is 2. The maximum absolute atomic E-state index is 5.91. The second-order valence-electron chi connectivity index (χ2n) is 3.34. The monoisotopic (exact) mass is 158 g/mol. The molecule has 3 N–H and O–H groups in total. The predicted molar refractivity (Wildman–Crippen MR) is 50.6 cm³/mol. The maximum atomic E-state index is 5.91. The van der Waals surface area contributed by atoms with Gasteiger partial charge in [-0.3, -0.25) is 0 Å². The van der Waals surface area contributed by atoms with Gasteiger partial charge in [0.1, 0.15) is 0 Å². The summed E-state index contributed by atoms with van der Waals surface area (Å²) in [7, 11) is 1.95. The van der Waals surface area contributed by atoms with Crippen molar-refractivity contribution in [2.24, 2.45) is 11.7 Å². The first-order valence-corrected chi connectivity index (χ1v) is 4.62. The lowest BCUT2D eigenvalue weighted by Gasteiger charge is -2.18. The fourth-order valence-electron chi connectivity index (χ4n) is 1.18. The predicted octanol–water partition coefficient (Wildman–Crippen LogP) is 1.36. The molecule has 0 aromatic rings. The van der Waals surface area contributed by atoms with Crippen LogP contribution in [0, 0.1) is 5.92 Å². The van der Waals surface area contributed by atoms with Crippen molar-refractivity contribution in [3.05, 3.63) is 0 Å². The highest BCUT2D eigenvalue weighted by Gasteiger charge is 2.10. The Labute approximate surface area is 70.5 Å². The van der Waals surface area contributed by atoms with Crippen molar-refractivity contribution in [3.8, 4) is 0 Å². The summed E-state index contributed by atoms with van der Waals surface area (Å²) < 4.78 is 0. The maximum Gasteiger partial charge on any atom is 0.0191 e. The summed E-state index contributed by atoms with van der Waals surface area (Å²) in [5, 5.41) is 3.10. The molecule has 2 nitrogen and oxygen atoms in total. The van der Waals surface area contributed by atoms with E-state index < -0.39 is 0 Å². The minimum Gasteiger partial charge on any atom is -0.326 e. The van der Waals surface area contributed by atoms with E-state index in [0.717, 1.165) is 6.54 Å². The lowest BCUT2D eigenvalue weighted by Crippen LogP contribution is -2.37. The van der Waals surface area contributed by atoms with E-state index in [9.17, 15) is 0 Å². The van der Waals surface area contributed by atoms with Crippen molar-refractivity contribution >= 4 is 0 Å². The summed E-state index contributed by atoms with van der Waals surface area (Å²) in [6.45, 7) is 5.39. The molecule has 0 heterocycles. The molecule has 0 radical (unpaired) electrons. The molecule has 0 bridgehead atoms. The van der Waals surface area contributed by atoms with Crippen LogP contribution in [-0.4, -0.2) is 19.6 Å². The van der Waals surface area contributed by atoms with E-state index in [0.29, 0.717) is 12.0 Å². The van der Waals surface area contributed by atoms with Crippen molar-refractivity contribution in [1.29, 1.82) is 0 Å². The van der Waals surface area contributed by atoms with E-state index in [2.05, 4.69) is 19.2 Å². The highest BCUT2D eigenvalue weighted by Crippen LogP contribution is 2.09. The highest BCUT2D eigenvalue weighted by atomic mass is 14.9. The quantitative estimate of drug-likeness (QED) is 0.612. The largest absolute Gasteiger partial charge is 0.326 e. The third-order valence-electron chi connectivity index (χ3n) is 2.18. The lowest BCUT2D eigenvalue weighted by atomic mass is 9.96. The Kier molecular flexibility index (Phi) is 6.57.